The highest BCUT2D eigenvalue weighted by molar-refractivity contribution is 14.1. The average molecular weight is 381 g/mol. The molecule has 104 valence electrons. The molecule has 0 aliphatic rings. The van der Waals surface area contributed by atoms with Crippen LogP contribution < -0.4 is 10.1 Å². The summed E-state index contributed by atoms with van der Waals surface area (Å²) in [5.41, 5.74) is 2.95. The summed E-state index contributed by atoms with van der Waals surface area (Å²) in [6.45, 7) is 3.97. The third kappa shape index (κ3) is 3.96. The first-order valence-electron chi connectivity index (χ1n) is 6.30. The summed E-state index contributed by atoms with van der Waals surface area (Å²) in [5.74, 6) is 0.595. The van der Waals surface area contributed by atoms with Crippen LogP contribution in [0.15, 0.2) is 42.5 Å². The van der Waals surface area contributed by atoms with Crippen LogP contribution in [0.2, 0.25) is 0 Å². The monoisotopic (exact) mass is 381 g/mol. The number of nitrogens with one attached hydrogen (secondary N) is 1. The van der Waals surface area contributed by atoms with E-state index in [1.54, 1.807) is 0 Å². The Kier molecular flexibility index (Phi) is 5.00. The molecule has 1 amide bonds. The fourth-order valence-corrected chi connectivity index (χ4v) is 2.28. The van der Waals surface area contributed by atoms with Crippen molar-refractivity contribution >= 4 is 34.2 Å². The van der Waals surface area contributed by atoms with Gasteiger partial charge in [-0.05, 0) is 65.8 Å². The van der Waals surface area contributed by atoms with Gasteiger partial charge < -0.3 is 10.1 Å². The molecule has 0 heterocycles. The Morgan fingerprint density at radius 2 is 1.95 bits per heavy atom. The predicted molar refractivity (Wildman–Crippen MR) is 89.2 cm³/mol. The van der Waals surface area contributed by atoms with Crippen LogP contribution in [0.5, 0.6) is 5.75 Å². The lowest BCUT2D eigenvalue weighted by Gasteiger charge is -2.11. The maximum absolute atomic E-state index is 11.9. The Balaban J connectivity index is 1.96. The number of aryl methyl sites for hydroxylation is 2. The van der Waals surface area contributed by atoms with E-state index < -0.39 is 0 Å². The number of anilines is 1. The number of benzene rings is 2. The van der Waals surface area contributed by atoms with E-state index >= 15 is 0 Å². The van der Waals surface area contributed by atoms with E-state index in [2.05, 4.69) is 27.9 Å². The summed E-state index contributed by atoms with van der Waals surface area (Å²) in [5, 5.41) is 2.84. The smallest absolute Gasteiger partial charge is 0.262 e. The summed E-state index contributed by atoms with van der Waals surface area (Å²) < 4.78 is 6.58. The van der Waals surface area contributed by atoms with Crippen molar-refractivity contribution in [2.45, 2.75) is 13.8 Å². The molecule has 4 heteroatoms. The molecule has 0 aliphatic carbocycles. The van der Waals surface area contributed by atoms with Gasteiger partial charge in [-0.15, -0.1) is 0 Å². The molecule has 0 saturated carbocycles. The van der Waals surface area contributed by atoms with E-state index in [0.717, 1.165) is 26.1 Å². The molecule has 2 aromatic rings. The number of para-hydroxylation sites is 1. The predicted octanol–water partition coefficient (Wildman–Crippen LogP) is 3.93. The zero-order chi connectivity index (χ0) is 14.5. The number of carbonyl (C=O) groups is 1. The topological polar surface area (TPSA) is 38.3 Å². The molecular formula is C16H16INO2. The number of halogens is 1. The van der Waals surface area contributed by atoms with Crippen molar-refractivity contribution in [3.8, 4) is 5.75 Å². The Labute approximate surface area is 132 Å². The second-order valence-electron chi connectivity index (χ2n) is 4.59. The Morgan fingerprint density at radius 1 is 1.20 bits per heavy atom. The van der Waals surface area contributed by atoms with Gasteiger partial charge in [0.1, 0.15) is 5.75 Å². The molecular weight excluding hydrogens is 365 g/mol. The lowest BCUT2D eigenvalue weighted by atomic mass is 10.1. The summed E-state index contributed by atoms with van der Waals surface area (Å²) in [6.07, 6.45) is 0. The number of ether oxygens (including phenoxy) is 1. The number of hydrogen-bond donors (Lipinski definition) is 1. The van der Waals surface area contributed by atoms with E-state index in [0.29, 0.717) is 0 Å². The van der Waals surface area contributed by atoms with Crippen LogP contribution >= 0.6 is 22.6 Å². The first-order chi connectivity index (χ1) is 9.56. The van der Waals surface area contributed by atoms with Gasteiger partial charge in [-0.3, -0.25) is 4.79 Å². The molecule has 1 N–H and O–H groups in total. The van der Waals surface area contributed by atoms with E-state index in [1.807, 2.05) is 56.3 Å². The number of amides is 1. The summed E-state index contributed by atoms with van der Waals surface area (Å²) in [4.78, 5) is 11.9. The lowest BCUT2D eigenvalue weighted by Crippen LogP contribution is -2.20. The second-order valence-corrected chi connectivity index (χ2v) is 5.75. The van der Waals surface area contributed by atoms with E-state index in [9.17, 15) is 4.79 Å². The standard InChI is InChI=1S/C16H16INO2/c1-11-7-8-12(2)15(9-11)20-10-16(19)18-14-6-4-3-5-13(14)17/h3-9H,10H2,1-2H3,(H,18,19). The molecule has 0 bridgehead atoms. The van der Waals surface area contributed by atoms with Crippen LogP contribution in [0.25, 0.3) is 0 Å². The molecule has 3 nitrogen and oxygen atoms in total. The zero-order valence-electron chi connectivity index (χ0n) is 11.4. The minimum Gasteiger partial charge on any atom is -0.483 e. The van der Waals surface area contributed by atoms with Gasteiger partial charge in [0.15, 0.2) is 6.61 Å². The van der Waals surface area contributed by atoms with Crippen molar-refractivity contribution < 1.29 is 9.53 Å². The molecule has 2 rings (SSSR count). The van der Waals surface area contributed by atoms with Crippen molar-refractivity contribution in [1.29, 1.82) is 0 Å². The van der Waals surface area contributed by atoms with Gasteiger partial charge >= 0.3 is 0 Å². The minimum atomic E-state index is -0.157. The third-order valence-corrected chi connectivity index (χ3v) is 3.79. The molecule has 20 heavy (non-hydrogen) atoms. The minimum absolute atomic E-state index is 0.00919. The van der Waals surface area contributed by atoms with Crippen molar-refractivity contribution in [3.05, 3.63) is 57.2 Å². The van der Waals surface area contributed by atoms with Crippen LogP contribution in [0.1, 0.15) is 11.1 Å². The van der Waals surface area contributed by atoms with Gasteiger partial charge in [-0.1, -0.05) is 24.3 Å². The van der Waals surface area contributed by atoms with Crippen LogP contribution in [0, 0.1) is 17.4 Å². The summed E-state index contributed by atoms with van der Waals surface area (Å²) >= 11 is 2.19. The highest BCUT2D eigenvalue weighted by Gasteiger charge is 2.07. The largest absolute Gasteiger partial charge is 0.483 e. The number of carbonyl (C=O) groups excluding carboxylic acids is 1. The van der Waals surface area contributed by atoms with Crippen LogP contribution in [0.4, 0.5) is 5.69 Å². The summed E-state index contributed by atoms with van der Waals surface area (Å²) in [6, 6.07) is 13.6. The Bertz CT molecular complexity index is 626. The van der Waals surface area contributed by atoms with Gasteiger partial charge in [0, 0.05) is 3.57 Å². The fraction of sp³-hybridized carbons (Fsp3) is 0.188. The van der Waals surface area contributed by atoms with E-state index in [1.165, 1.54) is 0 Å². The number of hydrogen-bond acceptors (Lipinski definition) is 2. The fourth-order valence-electron chi connectivity index (χ4n) is 1.75. The second kappa shape index (κ2) is 6.74. The van der Waals surface area contributed by atoms with Crippen molar-refractivity contribution in [1.82, 2.24) is 0 Å². The van der Waals surface area contributed by atoms with Gasteiger partial charge in [-0.2, -0.15) is 0 Å². The van der Waals surface area contributed by atoms with Crippen LogP contribution in [-0.2, 0) is 4.79 Å². The zero-order valence-corrected chi connectivity index (χ0v) is 13.6. The van der Waals surface area contributed by atoms with Crippen molar-refractivity contribution in [2.75, 3.05) is 11.9 Å². The molecule has 0 atom stereocenters. The molecule has 0 spiro atoms. The van der Waals surface area contributed by atoms with E-state index in [4.69, 9.17) is 4.74 Å². The maximum atomic E-state index is 11.9. The van der Waals surface area contributed by atoms with Crippen LogP contribution in [-0.4, -0.2) is 12.5 Å². The van der Waals surface area contributed by atoms with Crippen molar-refractivity contribution in [3.63, 3.8) is 0 Å². The molecule has 0 radical (unpaired) electrons. The third-order valence-electron chi connectivity index (χ3n) is 2.85. The average Bonchev–Trinajstić information content (AvgIpc) is 2.42. The molecule has 0 aromatic heterocycles. The first-order valence-corrected chi connectivity index (χ1v) is 7.38. The highest BCUT2D eigenvalue weighted by Crippen LogP contribution is 2.20. The molecule has 0 saturated heterocycles. The van der Waals surface area contributed by atoms with Crippen LogP contribution in [0.3, 0.4) is 0 Å². The summed E-state index contributed by atoms with van der Waals surface area (Å²) in [7, 11) is 0. The molecule has 0 fully saturated rings. The SMILES string of the molecule is Cc1ccc(C)c(OCC(=O)Nc2ccccc2I)c1. The number of rotatable bonds is 4. The first kappa shape index (κ1) is 14.8. The quantitative estimate of drug-likeness (QED) is 0.816. The molecule has 0 aliphatic heterocycles. The Hall–Kier alpha value is -1.56. The van der Waals surface area contributed by atoms with Gasteiger partial charge in [0.05, 0.1) is 5.69 Å². The highest BCUT2D eigenvalue weighted by atomic mass is 127. The van der Waals surface area contributed by atoms with Gasteiger partial charge in [0.2, 0.25) is 0 Å². The Morgan fingerprint density at radius 3 is 2.70 bits per heavy atom. The van der Waals surface area contributed by atoms with E-state index in [-0.39, 0.29) is 12.5 Å². The maximum Gasteiger partial charge on any atom is 0.262 e. The molecule has 2 aromatic carbocycles. The van der Waals surface area contributed by atoms with Gasteiger partial charge in [-0.25, -0.2) is 0 Å². The van der Waals surface area contributed by atoms with Gasteiger partial charge in [0.25, 0.3) is 5.91 Å². The lowest BCUT2D eigenvalue weighted by molar-refractivity contribution is -0.118. The van der Waals surface area contributed by atoms with Crippen molar-refractivity contribution in [2.24, 2.45) is 0 Å². The normalized spacial score (nSPS) is 10.2. The molecule has 0 unspecified atom stereocenters.